The van der Waals surface area contributed by atoms with Gasteiger partial charge < -0.3 is 33.8 Å². The predicted octanol–water partition coefficient (Wildman–Crippen LogP) is 3.69. The molecule has 1 aromatic heterocycles. The van der Waals surface area contributed by atoms with Gasteiger partial charge in [0.2, 0.25) is 5.91 Å². The molecule has 0 unspecified atom stereocenters. The number of anilines is 1. The molecule has 264 valence electrons. The highest BCUT2D eigenvalue weighted by Gasteiger charge is 2.32. The zero-order chi connectivity index (χ0) is 34.9. The normalized spacial score (nSPS) is 20.7. The average molecular weight is 680 g/mol. The van der Waals surface area contributed by atoms with E-state index in [1.54, 1.807) is 42.8 Å². The fourth-order valence-electron chi connectivity index (χ4n) is 5.62. The highest BCUT2D eigenvalue weighted by Crippen LogP contribution is 2.30. The number of rotatable bonds is 11. The number of benzene rings is 1. The van der Waals surface area contributed by atoms with Gasteiger partial charge in [0.15, 0.2) is 10.7 Å². The van der Waals surface area contributed by atoms with Gasteiger partial charge in [-0.2, -0.15) is 0 Å². The molecule has 0 fully saturated rings. The molecule has 0 aliphatic carbocycles. The molecule has 14 heteroatoms. The first-order valence-electron chi connectivity index (χ1n) is 16.3. The highest BCUT2D eigenvalue weighted by molar-refractivity contribution is 7.92. The molecule has 3 rings (SSSR count). The van der Waals surface area contributed by atoms with Gasteiger partial charge in [-0.3, -0.25) is 14.3 Å². The number of ether oxygens (including phenoxy) is 2. The molecule has 13 nitrogen and oxygen atoms in total. The van der Waals surface area contributed by atoms with E-state index in [2.05, 4.69) is 9.88 Å². The van der Waals surface area contributed by atoms with Crippen molar-refractivity contribution in [2.75, 3.05) is 58.7 Å². The number of carbonyl (C=O) groups is 2. The lowest BCUT2D eigenvalue weighted by Crippen LogP contribution is -2.48. The molecule has 4 atom stereocenters. The summed E-state index contributed by atoms with van der Waals surface area (Å²) in [6.07, 6.45) is 2.92. The van der Waals surface area contributed by atoms with E-state index >= 15 is 0 Å². The van der Waals surface area contributed by atoms with Crippen molar-refractivity contribution in [3.05, 3.63) is 35.2 Å². The van der Waals surface area contributed by atoms with Crippen LogP contribution in [0.5, 0.6) is 5.75 Å². The summed E-state index contributed by atoms with van der Waals surface area (Å²) in [5, 5.41) is 14.0. The molecule has 47 heavy (non-hydrogen) atoms. The molecule has 1 aliphatic rings. The van der Waals surface area contributed by atoms with E-state index in [9.17, 15) is 23.1 Å². The monoisotopic (exact) mass is 679 g/mol. The summed E-state index contributed by atoms with van der Waals surface area (Å²) in [6.45, 7) is 10.3. The second kappa shape index (κ2) is 17.3. The second-order valence-electron chi connectivity index (χ2n) is 13.0. The summed E-state index contributed by atoms with van der Waals surface area (Å²) in [6, 6.07) is 4.03. The molecule has 0 saturated carbocycles. The summed E-state index contributed by atoms with van der Waals surface area (Å²) in [5.41, 5.74) is 0.539. The Balaban J connectivity index is 1.95. The zero-order valence-corrected chi connectivity index (χ0v) is 29.9. The van der Waals surface area contributed by atoms with Gasteiger partial charge in [0.1, 0.15) is 11.4 Å². The summed E-state index contributed by atoms with van der Waals surface area (Å²) in [5.74, 6) is -0.139. The van der Waals surface area contributed by atoms with E-state index in [0.29, 0.717) is 31.7 Å². The van der Waals surface area contributed by atoms with Crippen molar-refractivity contribution in [2.45, 2.75) is 89.9 Å². The lowest BCUT2D eigenvalue weighted by atomic mass is 10.0. The van der Waals surface area contributed by atoms with Crippen molar-refractivity contribution in [3.8, 4) is 5.75 Å². The van der Waals surface area contributed by atoms with Crippen molar-refractivity contribution in [1.29, 1.82) is 0 Å². The van der Waals surface area contributed by atoms with Crippen molar-refractivity contribution in [3.63, 3.8) is 0 Å². The Labute approximate surface area is 279 Å². The van der Waals surface area contributed by atoms with Crippen LogP contribution < -0.4 is 9.46 Å². The number of likely N-dealkylation sites (N-methyl/N-ethyl adjacent to an activating group) is 1. The Bertz CT molecular complexity index is 1430. The SMILES string of the molecule is Cc1noc(C)c1S(=O)(=O)Nc1ccc2c(c1)C(=O)N([C@@H](C)CO)C[C@H](C)[C@@H](CN(C)C(=O)CCCN(C)C)OCCCC[C@H](C)O2. The number of nitrogens with one attached hydrogen (secondary N) is 1. The Morgan fingerprint density at radius 2 is 1.91 bits per heavy atom. The molecule has 2 aromatic rings. The van der Waals surface area contributed by atoms with Crippen LogP contribution in [0.4, 0.5) is 5.69 Å². The minimum Gasteiger partial charge on any atom is -0.490 e. The molecular formula is C33H53N5O8S. The summed E-state index contributed by atoms with van der Waals surface area (Å²) < 4.78 is 46.8. The van der Waals surface area contributed by atoms with Crippen molar-refractivity contribution in [1.82, 2.24) is 19.9 Å². The molecule has 0 bridgehead atoms. The van der Waals surface area contributed by atoms with E-state index in [1.165, 1.54) is 13.0 Å². The van der Waals surface area contributed by atoms with Crippen molar-refractivity contribution >= 4 is 27.5 Å². The highest BCUT2D eigenvalue weighted by atomic mass is 32.2. The van der Waals surface area contributed by atoms with E-state index in [-0.39, 0.29) is 64.8 Å². The van der Waals surface area contributed by atoms with Crippen LogP contribution in [0.3, 0.4) is 0 Å². The van der Waals surface area contributed by atoms with Gasteiger partial charge >= 0.3 is 0 Å². The molecule has 2 amide bonds. The van der Waals surface area contributed by atoms with Gasteiger partial charge in [-0.25, -0.2) is 8.42 Å². The zero-order valence-electron chi connectivity index (χ0n) is 29.1. The first-order chi connectivity index (χ1) is 22.1. The van der Waals surface area contributed by atoms with Crippen LogP contribution in [0.2, 0.25) is 0 Å². The largest absolute Gasteiger partial charge is 0.490 e. The van der Waals surface area contributed by atoms with Crippen LogP contribution in [-0.2, 0) is 19.6 Å². The fraction of sp³-hybridized carbons (Fsp3) is 0.667. The van der Waals surface area contributed by atoms with Crippen LogP contribution in [-0.4, -0.2) is 117 Å². The van der Waals surface area contributed by atoms with Crippen LogP contribution in [0, 0.1) is 19.8 Å². The molecule has 2 heterocycles. The van der Waals surface area contributed by atoms with E-state index in [0.717, 1.165) is 25.8 Å². The van der Waals surface area contributed by atoms with Gasteiger partial charge in [-0.05, 0) is 92.2 Å². The second-order valence-corrected chi connectivity index (χ2v) is 14.6. The Morgan fingerprint density at radius 1 is 1.19 bits per heavy atom. The summed E-state index contributed by atoms with van der Waals surface area (Å²) >= 11 is 0. The number of aromatic nitrogens is 1. The molecule has 1 aliphatic heterocycles. The van der Waals surface area contributed by atoms with E-state index < -0.39 is 22.0 Å². The first-order valence-corrected chi connectivity index (χ1v) is 17.8. The van der Waals surface area contributed by atoms with Gasteiger partial charge in [0.05, 0.1) is 30.4 Å². The van der Waals surface area contributed by atoms with Crippen LogP contribution in [0.25, 0.3) is 0 Å². The maximum atomic E-state index is 14.3. The lowest BCUT2D eigenvalue weighted by molar-refractivity contribution is -0.132. The number of aryl methyl sites for hydroxylation is 2. The lowest BCUT2D eigenvalue weighted by Gasteiger charge is -2.36. The molecule has 0 spiro atoms. The molecule has 2 N–H and O–H groups in total. The van der Waals surface area contributed by atoms with Gasteiger partial charge in [0, 0.05) is 44.8 Å². The molecule has 1 aromatic carbocycles. The van der Waals surface area contributed by atoms with Gasteiger partial charge in [-0.15, -0.1) is 0 Å². The number of hydrogen-bond donors (Lipinski definition) is 2. The molecule has 0 radical (unpaired) electrons. The minimum absolute atomic E-state index is 0.0326. The standard InChI is InChI=1S/C33H53N5O8S/c1-22-19-38(23(2)21-39)33(41)28-18-27(35-47(42,43)32-25(4)34-46-26(32)5)14-15-29(28)45-24(3)12-9-10-17-44-30(22)20-37(8)31(40)13-11-16-36(6)7/h14-15,18,22-24,30,35,39H,9-13,16-17,19-21H2,1-8H3/t22-,23-,24-,30+/m0/s1. The van der Waals surface area contributed by atoms with Crippen LogP contribution in [0.15, 0.2) is 27.6 Å². The number of carbonyl (C=O) groups excluding carboxylic acids is 2. The van der Waals surface area contributed by atoms with Crippen molar-refractivity contribution < 1.29 is 37.1 Å². The third kappa shape index (κ3) is 10.6. The minimum atomic E-state index is -4.08. The topological polar surface area (TPSA) is 155 Å². The molecule has 0 saturated heterocycles. The Morgan fingerprint density at radius 3 is 2.55 bits per heavy atom. The number of nitrogens with zero attached hydrogens (tertiary/aromatic N) is 4. The van der Waals surface area contributed by atoms with Crippen LogP contribution >= 0.6 is 0 Å². The number of fused-ring (bicyclic) bond motifs is 1. The number of aliphatic hydroxyl groups is 1. The van der Waals surface area contributed by atoms with Crippen LogP contribution in [0.1, 0.15) is 74.7 Å². The predicted molar refractivity (Wildman–Crippen MR) is 179 cm³/mol. The van der Waals surface area contributed by atoms with E-state index in [1.807, 2.05) is 32.8 Å². The quantitative estimate of drug-likeness (QED) is 0.359. The number of amides is 2. The number of aliphatic hydroxyl groups excluding tert-OH is 1. The van der Waals surface area contributed by atoms with Gasteiger partial charge in [-0.1, -0.05) is 12.1 Å². The maximum absolute atomic E-state index is 14.3. The maximum Gasteiger partial charge on any atom is 0.267 e. The van der Waals surface area contributed by atoms with Crippen molar-refractivity contribution in [2.24, 2.45) is 5.92 Å². The first kappa shape index (κ1) is 38.2. The number of hydrogen-bond acceptors (Lipinski definition) is 10. The fourth-order valence-corrected chi connectivity index (χ4v) is 7.00. The third-order valence-electron chi connectivity index (χ3n) is 8.42. The summed E-state index contributed by atoms with van der Waals surface area (Å²) in [7, 11) is 1.65. The smallest absolute Gasteiger partial charge is 0.267 e. The average Bonchev–Trinajstić information content (AvgIpc) is 3.36. The third-order valence-corrected chi connectivity index (χ3v) is 10.0. The molecular weight excluding hydrogens is 626 g/mol. The van der Waals surface area contributed by atoms with E-state index in [4.69, 9.17) is 14.0 Å². The Hall–Kier alpha value is -3.20. The Kier molecular flexibility index (Phi) is 14.1. The summed E-state index contributed by atoms with van der Waals surface area (Å²) in [4.78, 5) is 32.5. The number of sulfonamides is 1. The van der Waals surface area contributed by atoms with Gasteiger partial charge in [0.25, 0.3) is 15.9 Å².